The molecule has 1 aliphatic rings. The zero-order valence-corrected chi connectivity index (χ0v) is 15.1. The summed E-state index contributed by atoms with van der Waals surface area (Å²) in [7, 11) is 1.80. The van der Waals surface area contributed by atoms with Crippen molar-refractivity contribution in [2.75, 3.05) is 13.7 Å². The minimum Gasteiger partial charge on any atom is -0.387 e. The first-order valence-electron chi connectivity index (χ1n) is 8.96. The maximum atomic E-state index is 13.2. The largest absolute Gasteiger partial charge is 0.387 e. The van der Waals surface area contributed by atoms with Crippen molar-refractivity contribution in [1.82, 2.24) is 10.3 Å². The van der Waals surface area contributed by atoms with E-state index in [1.54, 1.807) is 7.11 Å². The highest BCUT2D eigenvalue weighted by Gasteiger charge is 2.24. The number of aliphatic hydroxyl groups excluding tert-OH is 1. The van der Waals surface area contributed by atoms with E-state index in [2.05, 4.69) is 24.1 Å². The van der Waals surface area contributed by atoms with Crippen LogP contribution in [0.2, 0.25) is 0 Å². The molecule has 24 heavy (non-hydrogen) atoms. The summed E-state index contributed by atoms with van der Waals surface area (Å²) in [6.45, 7) is 4.71. The number of methoxy groups -OCH3 is 1. The summed E-state index contributed by atoms with van der Waals surface area (Å²) in [4.78, 5) is 3.79. The zero-order valence-electron chi connectivity index (χ0n) is 15.1. The highest BCUT2D eigenvalue weighted by molar-refractivity contribution is 5.13. The molecule has 1 saturated carbocycles. The molecule has 0 aromatic carbocycles. The third-order valence-electron chi connectivity index (χ3n) is 5.19. The van der Waals surface area contributed by atoms with Crippen molar-refractivity contribution in [2.45, 2.75) is 70.1 Å². The molecule has 136 valence electrons. The Kier molecular flexibility index (Phi) is 7.14. The molecule has 0 saturated heterocycles. The summed E-state index contributed by atoms with van der Waals surface area (Å²) in [5.74, 6) is 0.354. The van der Waals surface area contributed by atoms with E-state index < -0.39 is 11.9 Å². The molecular formula is C19H31FN2O2. The van der Waals surface area contributed by atoms with E-state index in [0.717, 1.165) is 18.5 Å². The van der Waals surface area contributed by atoms with Crippen LogP contribution in [0.4, 0.5) is 4.39 Å². The summed E-state index contributed by atoms with van der Waals surface area (Å²) in [6.07, 6.45) is 9.42. The van der Waals surface area contributed by atoms with Gasteiger partial charge in [-0.15, -0.1) is 0 Å². The molecule has 1 atom stereocenters. The Balaban J connectivity index is 1.73. The van der Waals surface area contributed by atoms with Gasteiger partial charge in [-0.2, -0.15) is 0 Å². The monoisotopic (exact) mass is 338 g/mol. The van der Waals surface area contributed by atoms with Gasteiger partial charge in [-0.1, -0.05) is 0 Å². The second-order valence-electron chi connectivity index (χ2n) is 7.63. The first-order valence-corrected chi connectivity index (χ1v) is 8.96. The number of β-amino-alcohol motifs (C(OH)–C–C–N with tert-alkyl or cyclic N) is 1. The highest BCUT2D eigenvalue weighted by Crippen LogP contribution is 2.31. The van der Waals surface area contributed by atoms with Crippen LogP contribution in [0.15, 0.2) is 18.5 Å². The molecule has 4 nitrogen and oxygen atoms in total. The fourth-order valence-electron chi connectivity index (χ4n) is 3.41. The lowest BCUT2D eigenvalue weighted by molar-refractivity contribution is 0.0539. The third-order valence-corrected chi connectivity index (χ3v) is 5.19. The fraction of sp³-hybridized carbons (Fsp3) is 0.737. The van der Waals surface area contributed by atoms with E-state index in [-0.39, 0.29) is 5.54 Å². The van der Waals surface area contributed by atoms with Crippen molar-refractivity contribution in [2.24, 2.45) is 5.92 Å². The van der Waals surface area contributed by atoms with Crippen molar-refractivity contribution < 1.29 is 14.2 Å². The normalized spacial score (nSPS) is 23.2. The Morgan fingerprint density at radius 1 is 1.33 bits per heavy atom. The molecule has 0 bridgehead atoms. The van der Waals surface area contributed by atoms with Gasteiger partial charge in [-0.25, -0.2) is 4.39 Å². The molecule has 2 N–H and O–H groups in total. The molecule has 1 heterocycles. The van der Waals surface area contributed by atoms with E-state index in [1.165, 1.54) is 44.4 Å². The van der Waals surface area contributed by atoms with Gasteiger partial charge in [-0.3, -0.25) is 4.98 Å². The summed E-state index contributed by atoms with van der Waals surface area (Å²) >= 11 is 0. The molecular weight excluding hydrogens is 307 g/mol. The number of ether oxygens (including phenoxy) is 1. The molecule has 0 aliphatic heterocycles. The van der Waals surface area contributed by atoms with Gasteiger partial charge in [0.05, 0.1) is 18.4 Å². The quantitative estimate of drug-likeness (QED) is 0.760. The molecule has 1 fully saturated rings. The summed E-state index contributed by atoms with van der Waals surface area (Å²) in [5, 5.41) is 13.6. The van der Waals surface area contributed by atoms with Crippen molar-refractivity contribution >= 4 is 0 Å². The number of aliphatic hydroxyl groups is 1. The van der Waals surface area contributed by atoms with Crippen molar-refractivity contribution in [3.63, 3.8) is 0 Å². The topological polar surface area (TPSA) is 54.4 Å². The van der Waals surface area contributed by atoms with Gasteiger partial charge in [0.2, 0.25) is 0 Å². The molecule has 1 aromatic rings. The first kappa shape index (κ1) is 19.3. The molecule has 0 radical (unpaired) electrons. The molecule has 0 spiro atoms. The van der Waals surface area contributed by atoms with Crippen LogP contribution in [0.3, 0.4) is 0 Å². The van der Waals surface area contributed by atoms with E-state index in [1.807, 2.05) is 0 Å². The van der Waals surface area contributed by atoms with Gasteiger partial charge in [0.15, 0.2) is 0 Å². The van der Waals surface area contributed by atoms with Crippen LogP contribution >= 0.6 is 0 Å². The molecule has 2 rings (SSSR count). The number of aromatic nitrogens is 1. The Morgan fingerprint density at radius 2 is 2.04 bits per heavy atom. The highest BCUT2D eigenvalue weighted by atomic mass is 19.1. The van der Waals surface area contributed by atoms with Crippen molar-refractivity contribution in [3.05, 3.63) is 29.8 Å². The number of pyridine rings is 1. The van der Waals surface area contributed by atoms with Gasteiger partial charge in [-0.05, 0) is 64.4 Å². The van der Waals surface area contributed by atoms with E-state index in [9.17, 15) is 9.50 Å². The lowest BCUT2D eigenvalue weighted by Crippen LogP contribution is -2.42. The van der Waals surface area contributed by atoms with Crippen LogP contribution in [0, 0.1) is 11.7 Å². The Labute approximate surface area is 144 Å². The van der Waals surface area contributed by atoms with E-state index in [0.29, 0.717) is 18.2 Å². The van der Waals surface area contributed by atoms with E-state index >= 15 is 0 Å². The molecule has 5 heteroatoms. The minimum atomic E-state index is -0.746. The second kappa shape index (κ2) is 8.88. The average molecular weight is 338 g/mol. The second-order valence-corrected chi connectivity index (χ2v) is 7.63. The van der Waals surface area contributed by atoms with Gasteiger partial charge in [0.1, 0.15) is 5.82 Å². The van der Waals surface area contributed by atoms with Crippen LogP contribution in [0.5, 0.6) is 0 Å². The molecule has 1 aliphatic carbocycles. The predicted molar refractivity (Wildman–Crippen MR) is 93.2 cm³/mol. The fourth-order valence-corrected chi connectivity index (χ4v) is 3.41. The van der Waals surface area contributed by atoms with Crippen molar-refractivity contribution in [3.8, 4) is 0 Å². The molecule has 0 unspecified atom stereocenters. The third kappa shape index (κ3) is 6.11. The predicted octanol–water partition coefficient (Wildman–Crippen LogP) is 3.61. The standard InChI is InChI=1S/C19H31FN2O2/c1-19(2,9-8-14-4-6-17(24-3)7-5-14)22-13-18(23)15-10-16(20)12-21-11-15/h10-12,14,17-18,22-23H,4-9,13H2,1-3H3/t14?,17?,18-/m0/s1. The number of rotatable bonds is 8. The van der Waals surface area contributed by atoms with Crippen LogP contribution in [0.25, 0.3) is 0 Å². The summed E-state index contributed by atoms with van der Waals surface area (Å²) < 4.78 is 18.6. The molecule has 0 amide bonds. The van der Waals surface area contributed by atoms with Gasteiger partial charge in [0, 0.05) is 31.0 Å². The number of hydrogen-bond donors (Lipinski definition) is 2. The van der Waals surface area contributed by atoms with Crippen LogP contribution in [-0.4, -0.2) is 35.4 Å². The van der Waals surface area contributed by atoms with Gasteiger partial charge < -0.3 is 15.2 Å². The lowest BCUT2D eigenvalue weighted by Gasteiger charge is -2.32. The summed E-state index contributed by atoms with van der Waals surface area (Å²) in [6, 6.07) is 1.33. The Morgan fingerprint density at radius 3 is 2.67 bits per heavy atom. The Bertz CT molecular complexity index is 502. The number of nitrogens with zero attached hydrogens (tertiary/aromatic N) is 1. The maximum absolute atomic E-state index is 13.2. The van der Waals surface area contributed by atoms with Gasteiger partial charge >= 0.3 is 0 Å². The number of hydrogen-bond acceptors (Lipinski definition) is 4. The Hall–Kier alpha value is -1.04. The van der Waals surface area contributed by atoms with Crippen LogP contribution in [-0.2, 0) is 4.74 Å². The zero-order chi connectivity index (χ0) is 17.6. The van der Waals surface area contributed by atoms with E-state index in [4.69, 9.17) is 4.74 Å². The summed E-state index contributed by atoms with van der Waals surface area (Å²) in [5.41, 5.74) is 0.455. The van der Waals surface area contributed by atoms with Crippen LogP contribution < -0.4 is 5.32 Å². The van der Waals surface area contributed by atoms with Gasteiger partial charge in [0.25, 0.3) is 0 Å². The number of halogens is 1. The van der Waals surface area contributed by atoms with Crippen LogP contribution in [0.1, 0.15) is 64.0 Å². The first-order chi connectivity index (χ1) is 11.4. The average Bonchev–Trinajstić information content (AvgIpc) is 2.58. The molecule has 1 aromatic heterocycles. The van der Waals surface area contributed by atoms with Crippen molar-refractivity contribution in [1.29, 1.82) is 0 Å². The minimum absolute atomic E-state index is 0.0557. The SMILES string of the molecule is COC1CCC(CCC(C)(C)NC[C@H](O)c2cncc(F)c2)CC1. The maximum Gasteiger partial charge on any atom is 0.141 e. The smallest absolute Gasteiger partial charge is 0.141 e. The lowest BCUT2D eigenvalue weighted by atomic mass is 9.82. The number of nitrogens with one attached hydrogen (secondary N) is 1.